The van der Waals surface area contributed by atoms with Crippen LogP contribution in [0.25, 0.3) is 10.9 Å². The van der Waals surface area contributed by atoms with Crippen LogP contribution in [0.15, 0.2) is 53.3 Å². The highest BCUT2D eigenvalue weighted by atomic mass is 16.1. The van der Waals surface area contributed by atoms with Crippen LogP contribution in [0.5, 0.6) is 0 Å². The molecule has 3 aromatic rings. The summed E-state index contributed by atoms with van der Waals surface area (Å²) in [5.74, 6) is 0.589. The highest BCUT2D eigenvalue weighted by Crippen LogP contribution is 2.07. The van der Waals surface area contributed by atoms with Crippen LogP contribution in [-0.2, 0) is 17.6 Å². The summed E-state index contributed by atoms with van der Waals surface area (Å²) in [4.78, 5) is 31.1. The quantitative estimate of drug-likeness (QED) is 0.727. The van der Waals surface area contributed by atoms with Crippen molar-refractivity contribution in [3.05, 3.63) is 75.8 Å². The number of benzene rings is 2. The number of carbonyl (C=O) groups is 1. The summed E-state index contributed by atoms with van der Waals surface area (Å²) in [6, 6.07) is 15.4. The monoisotopic (exact) mass is 335 g/mol. The minimum Gasteiger partial charge on any atom is -0.356 e. The maximum absolute atomic E-state index is 12.0. The fraction of sp³-hybridized carbons (Fsp3) is 0.250. The number of rotatable bonds is 6. The van der Waals surface area contributed by atoms with Crippen LogP contribution in [0.2, 0.25) is 0 Å². The molecule has 5 nitrogen and oxygen atoms in total. The maximum atomic E-state index is 12.0. The average molecular weight is 335 g/mol. The van der Waals surface area contributed by atoms with Crippen molar-refractivity contribution in [2.45, 2.75) is 26.2 Å². The molecule has 1 aromatic heterocycles. The predicted octanol–water partition coefficient (Wildman–Crippen LogP) is 2.52. The Morgan fingerprint density at radius 3 is 2.64 bits per heavy atom. The lowest BCUT2D eigenvalue weighted by atomic mass is 10.1. The highest BCUT2D eigenvalue weighted by molar-refractivity contribution is 5.77. The topological polar surface area (TPSA) is 74.8 Å². The van der Waals surface area contributed by atoms with E-state index in [0.717, 1.165) is 12.0 Å². The van der Waals surface area contributed by atoms with Crippen LogP contribution in [0, 0.1) is 6.92 Å². The lowest BCUT2D eigenvalue weighted by molar-refractivity contribution is -0.121. The molecular formula is C20H21N3O2. The van der Waals surface area contributed by atoms with Gasteiger partial charge in [-0.3, -0.25) is 9.59 Å². The maximum Gasteiger partial charge on any atom is 0.258 e. The zero-order chi connectivity index (χ0) is 17.6. The van der Waals surface area contributed by atoms with Gasteiger partial charge in [-0.05, 0) is 31.0 Å². The second-order valence-electron chi connectivity index (χ2n) is 6.12. The van der Waals surface area contributed by atoms with E-state index in [-0.39, 0.29) is 11.5 Å². The van der Waals surface area contributed by atoms with E-state index in [2.05, 4.69) is 27.4 Å². The smallest absolute Gasteiger partial charge is 0.258 e. The van der Waals surface area contributed by atoms with Crippen LogP contribution in [-0.4, -0.2) is 22.4 Å². The summed E-state index contributed by atoms with van der Waals surface area (Å²) in [7, 11) is 0. The number of fused-ring (bicyclic) bond motifs is 1. The van der Waals surface area contributed by atoms with Crippen molar-refractivity contribution in [2.75, 3.05) is 6.54 Å². The van der Waals surface area contributed by atoms with Crippen molar-refractivity contribution < 1.29 is 4.79 Å². The molecule has 2 N–H and O–H groups in total. The van der Waals surface area contributed by atoms with Crippen LogP contribution >= 0.6 is 0 Å². The second kappa shape index (κ2) is 7.75. The molecule has 1 amide bonds. The number of amides is 1. The van der Waals surface area contributed by atoms with E-state index in [9.17, 15) is 9.59 Å². The Labute approximate surface area is 146 Å². The van der Waals surface area contributed by atoms with Crippen LogP contribution < -0.4 is 10.9 Å². The number of nitrogens with one attached hydrogen (secondary N) is 2. The van der Waals surface area contributed by atoms with Gasteiger partial charge in [0.1, 0.15) is 5.82 Å². The van der Waals surface area contributed by atoms with Crippen molar-refractivity contribution in [1.29, 1.82) is 0 Å². The van der Waals surface area contributed by atoms with E-state index in [1.807, 2.05) is 37.3 Å². The van der Waals surface area contributed by atoms with Gasteiger partial charge in [0.15, 0.2) is 0 Å². The number of nitrogens with zero attached hydrogens (tertiary/aromatic N) is 1. The molecule has 0 spiro atoms. The molecule has 5 heteroatoms. The van der Waals surface area contributed by atoms with E-state index in [4.69, 9.17) is 0 Å². The molecule has 3 rings (SSSR count). The molecule has 0 bridgehead atoms. The van der Waals surface area contributed by atoms with Gasteiger partial charge in [-0.1, -0.05) is 42.0 Å². The summed E-state index contributed by atoms with van der Waals surface area (Å²) in [5, 5.41) is 3.46. The van der Waals surface area contributed by atoms with Crippen molar-refractivity contribution >= 4 is 16.8 Å². The Hall–Kier alpha value is -2.95. The van der Waals surface area contributed by atoms with Crippen LogP contribution in [0.4, 0.5) is 0 Å². The van der Waals surface area contributed by atoms with Crippen LogP contribution in [0.1, 0.15) is 23.4 Å². The number of hydrogen-bond donors (Lipinski definition) is 2. The van der Waals surface area contributed by atoms with Crippen molar-refractivity contribution in [3.8, 4) is 0 Å². The summed E-state index contributed by atoms with van der Waals surface area (Å²) >= 11 is 0. The summed E-state index contributed by atoms with van der Waals surface area (Å²) < 4.78 is 0. The van der Waals surface area contributed by atoms with Crippen molar-refractivity contribution in [2.24, 2.45) is 0 Å². The minimum absolute atomic E-state index is 0.00344. The third-order valence-corrected chi connectivity index (χ3v) is 4.11. The molecule has 0 saturated carbocycles. The number of aromatic amines is 1. The molecular weight excluding hydrogens is 314 g/mol. The Morgan fingerprint density at radius 2 is 1.84 bits per heavy atom. The minimum atomic E-state index is -0.147. The first-order chi connectivity index (χ1) is 12.1. The molecule has 0 unspecified atom stereocenters. The lowest BCUT2D eigenvalue weighted by Gasteiger charge is -2.06. The summed E-state index contributed by atoms with van der Waals surface area (Å²) in [6.07, 6.45) is 1.66. The van der Waals surface area contributed by atoms with Gasteiger partial charge in [0.05, 0.1) is 10.9 Å². The second-order valence-corrected chi connectivity index (χ2v) is 6.12. The Bertz CT molecular complexity index is 930. The van der Waals surface area contributed by atoms with E-state index in [1.54, 1.807) is 6.07 Å². The fourth-order valence-electron chi connectivity index (χ4n) is 2.67. The number of aryl methyl sites for hydroxylation is 2. The molecule has 0 atom stereocenters. The third-order valence-electron chi connectivity index (χ3n) is 4.11. The number of hydrogen-bond acceptors (Lipinski definition) is 3. The molecule has 0 fully saturated rings. The number of aromatic nitrogens is 2. The van der Waals surface area contributed by atoms with Gasteiger partial charge in [0, 0.05) is 19.4 Å². The molecule has 0 aliphatic heterocycles. The first-order valence-electron chi connectivity index (χ1n) is 8.42. The zero-order valence-electron chi connectivity index (χ0n) is 14.2. The van der Waals surface area contributed by atoms with Gasteiger partial charge in [-0.2, -0.15) is 0 Å². The molecule has 0 aliphatic rings. The molecule has 25 heavy (non-hydrogen) atoms. The lowest BCUT2D eigenvalue weighted by Crippen LogP contribution is -2.27. The largest absolute Gasteiger partial charge is 0.356 e. The molecule has 0 aliphatic carbocycles. The zero-order valence-corrected chi connectivity index (χ0v) is 14.2. The Morgan fingerprint density at radius 1 is 1.08 bits per heavy atom. The van der Waals surface area contributed by atoms with Gasteiger partial charge >= 0.3 is 0 Å². The third kappa shape index (κ3) is 4.53. The predicted molar refractivity (Wildman–Crippen MR) is 98.6 cm³/mol. The Kier molecular flexibility index (Phi) is 5.23. The first kappa shape index (κ1) is 16.9. The number of para-hydroxylation sites is 1. The van der Waals surface area contributed by atoms with Gasteiger partial charge in [-0.25, -0.2) is 4.98 Å². The Balaban J connectivity index is 1.50. The summed E-state index contributed by atoms with van der Waals surface area (Å²) in [5.41, 5.74) is 2.89. The van der Waals surface area contributed by atoms with Gasteiger partial charge in [0.2, 0.25) is 5.91 Å². The normalized spacial score (nSPS) is 10.8. The van der Waals surface area contributed by atoms with Crippen LogP contribution in [0.3, 0.4) is 0 Å². The van der Waals surface area contributed by atoms with E-state index in [0.29, 0.717) is 36.1 Å². The SMILES string of the molecule is Cc1ccc(CCC(=O)NCCc2nc3ccccc3c(=O)[nH]2)cc1. The number of carbonyl (C=O) groups excluding carboxylic acids is 1. The van der Waals surface area contributed by atoms with Gasteiger partial charge in [0.25, 0.3) is 5.56 Å². The van der Waals surface area contributed by atoms with E-state index < -0.39 is 0 Å². The molecule has 2 aromatic carbocycles. The first-order valence-corrected chi connectivity index (χ1v) is 8.42. The van der Waals surface area contributed by atoms with Gasteiger partial charge < -0.3 is 10.3 Å². The molecule has 0 radical (unpaired) electrons. The average Bonchev–Trinajstić information content (AvgIpc) is 2.61. The molecule has 0 saturated heterocycles. The van der Waals surface area contributed by atoms with E-state index in [1.165, 1.54) is 5.56 Å². The van der Waals surface area contributed by atoms with Crippen molar-refractivity contribution in [3.63, 3.8) is 0 Å². The fourth-order valence-corrected chi connectivity index (χ4v) is 2.67. The van der Waals surface area contributed by atoms with Gasteiger partial charge in [-0.15, -0.1) is 0 Å². The van der Waals surface area contributed by atoms with E-state index >= 15 is 0 Å². The summed E-state index contributed by atoms with van der Waals surface area (Å²) in [6.45, 7) is 2.50. The highest BCUT2D eigenvalue weighted by Gasteiger charge is 2.05. The molecule has 1 heterocycles. The number of H-pyrrole nitrogens is 1. The molecule has 128 valence electrons. The van der Waals surface area contributed by atoms with Crippen molar-refractivity contribution in [1.82, 2.24) is 15.3 Å². The standard InChI is InChI=1S/C20H21N3O2/c1-14-6-8-15(9-7-14)10-11-19(24)21-13-12-18-22-17-5-3-2-4-16(17)20(25)23-18/h2-9H,10-13H2,1H3,(H,21,24)(H,22,23,25).